The molecule has 1 amide bonds. The van der Waals surface area contributed by atoms with Crippen molar-refractivity contribution in [2.45, 2.75) is 59.3 Å². The molecule has 148 valence electrons. The number of rotatable bonds is 12. The average molecular weight is 364 g/mol. The number of carbonyl (C=O) groups excluding carboxylic acids is 1. The Kier molecular flexibility index (Phi) is 9.71. The maximum atomic E-state index is 12.0. The summed E-state index contributed by atoms with van der Waals surface area (Å²) in [6.45, 7) is 11.7. The normalized spacial score (nSPS) is 11.7. The number of aryl methyl sites for hydroxylation is 1. The molecule has 0 aliphatic rings. The van der Waals surface area contributed by atoms with Crippen LogP contribution in [0.1, 0.15) is 63.5 Å². The fraction of sp³-hybridized carbons (Fsp3) is 0.682. The first-order valence-corrected chi connectivity index (χ1v) is 10.1. The second-order valence-electron chi connectivity index (χ2n) is 8.26. The highest BCUT2D eigenvalue weighted by atomic mass is 16.5. The van der Waals surface area contributed by atoms with Crippen molar-refractivity contribution in [3.8, 4) is 5.75 Å². The summed E-state index contributed by atoms with van der Waals surface area (Å²) in [5.41, 5.74) is 2.51. The molecular formula is C22H39N2O2+. The zero-order valence-electron chi connectivity index (χ0n) is 17.7. The smallest absolute Gasteiger partial charge is 0.275 e. The van der Waals surface area contributed by atoms with Crippen molar-refractivity contribution in [2.24, 2.45) is 0 Å². The molecule has 0 aliphatic carbocycles. The lowest BCUT2D eigenvalue weighted by atomic mass is 10.0. The van der Waals surface area contributed by atoms with Crippen LogP contribution in [-0.2, 0) is 4.79 Å². The van der Waals surface area contributed by atoms with Gasteiger partial charge in [-0.3, -0.25) is 4.79 Å². The molecule has 1 aromatic rings. The van der Waals surface area contributed by atoms with Crippen LogP contribution in [0.4, 0.5) is 0 Å². The zero-order chi connectivity index (χ0) is 19.6. The monoisotopic (exact) mass is 363 g/mol. The van der Waals surface area contributed by atoms with E-state index >= 15 is 0 Å². The summed E-state index contributed by atoms with van der Waals surface area (Å²) in [7, 11) is 4.24. The summed E-state index contributed by atoms with van der Waals surface area (Å²) >= 11 is 0. The van der Waals surface area contributed by atoms with Crippen LogP contribution < -0.4 is 10.1 Å². The average Bonchev–Trinajstić information content (AvgIpc) is 2.55. The van der Waals surface area contributed by atoms with E-state index in [2.05, 4.69) is 65.3 Å². The number of nitrogens with zero attached hydrogens (tertiary/aromatic N) is 1. The van der Waals surface area contributed by atoms with E-state index in [0.29, 0.717) is 12.5 Å². The van der Waals surface area contributed by atoms with Gasteiger partial charge in [0, 0.05) is 6.54 Å². The number of ether oxygens (including phenoxy) is 1. The number of carbonyl (C=O) groups is 1. The lowest BCUT2D eigenvalue weighted by Gasteiger charge is -2.29. The lowest BCUT2D eigenvalue weighted by molar-refractivity contribution is -0.882. The van der Waals surface area contributed by atoms with Gasteiger partial charge in [-0.05, 0) is 49.3 Å². The molecule has 1 rings (SSSR count). The number of hydrogen-bond donors (Lipinski definition) is 1. The van der Waals surface area contributed by atoms with E-state index < -0.39 is 0 Å². The van der Waals surface area contributed by atoms with Crippen molar-refractivity contribution in [1.29, 1.82) is 0 Å². The van der Waals surface area contributed by atoms with Crippen LogP contribution in [0.25, 0.3) is 0 Å². The van der Waals surface area contributed by atoms with Crippen LogP contribution in [0.3, 0.4) is 0 Å². The Balaban J connectivity index is 2.31. The molecule has 0 saturated heterocycles. The van der Waals surface area contributed by atoms with Crippen molar-refractivity contribution >= 4 is 5.91 Å². The maximum absolute atomic E-state index is 12.0. The fourth-order valence-corrected chi connectivity index (χ4v) is 2.88. The van der Waals surface area contributed by atoms with E-state index in [1.807, 2.05) is 0 Å². The Labute approximate surface area is 160 Å². The second-order valence-corrected chi connectivity index (χ2v) is 8.26. The first-order chi connectivity index (χ1) is 12.2. The van der Waals surface area contributed by atoms with Gasteiger partial charge in [0.25, 0.3) is 5.91 Å². The third-order valence-electron chi connectivity index (χ3n) is 4.72. The molecule has 1 N–H and O–H groups in total. The molecule has 0 unspecified atom stereocenters. The van der Waals surface area contributed by atoms with Gasteiger partial charge >= 0.3 is 0 Å². The fourth-order valence-electron chi connectivity index (χ4n) is 2.88. The topological polar surface area (TPSA) is 38.3 Å². The highest BCUT2D eigenvalue weighted by Crippen LogP contribution is 2.24. The van der Waals surface area contributed by atoms with Gasteiger partial charge in [-0.2, -0.15) is 0 Å². The molecule has 0 saturated carbocycles. The number of amides is 1. The van der Waals surface area contributed by atoms with Crippen molar-refractivity contribution in [1.82, 2.24) is 5.32 Å². The van der Waals surface area contributed by atoms with Crippen LogP contribution >= 0.6 is 0 Å². The van der Waals surface area contributed by atoms with Gasteiger partial charge in [0.1, 0.15) is 5.75 Å². The van der Waals surface area contributed by atoms with Crippen molar-refractivity contribution in [3.63, 3.8) is 0 Å². The molecule has 0 spiro atoms. The third kappa shape index (κ3) is 8.70. The number of hydrogen-bond acceptors (Lipinski definition) is 2. The molecule has 0 radical (unpaired) electrons. The van der Waals surface area contributed by atoms with Crippen LogP contribution in [0.2, 0.25) is 0 Å². The third-order valence-corrected chi connectivity index (χ3v) is 4.72. The number of likely N-dealkylation sites (N-methyl/N-ethyl adjacent to an activating group) is 1. The molecule has 1 aromatic carbocycles. The van der Waals surface area contributed by atoms with Gasteiger partial charge in [-0.15, -0.1) is 0 Å². The number of unbranched alkanes of at least 4 members (excludes halogenated alkanes) is 2. The Hall–Kier alpha value is -1.55. The van der Waals surface area contributed by atoms with Crippen LogP contribution in [0.5, 0.6) is 5.75 Å². The minimum Gasteiger partial charge on any atom is -0.493 e. The zero-order valence-corrected chi connectivity index (χ0v) is 17.7. The Bertz CT molecular complexity index is 553. The molecule has 26 heavy (non-hydrogen) atoms. The van der Waals surface area contributed by atoms with Crippen LogP contribution in [-0.4, -0.2) is 50.7 Å². The highest BCUT2D eigenvalue weighted by molar-refractivity contribution is 5.76. The molecule has 0 heterocycles. The molecule has 0 aliphatic heterocycles. The molecule has 0 aromatic heterocycles. The molecule has 4 nitrogen and oxygen atoms in total. The van der Waals surface area contributed by atoms with Gasteiger partial charge in [0.2, 0.25) is 0 Å². The van der Waals surface area contributed by atoms with E-state index in [-0.39, 0.29) is 5.91 Å². The molecule has 4 heteroatoms. The SMILES string of the molecule is CCCCNC(=O)C[N+](C)(C)CCCCOc1cc(C(C)C)ccc1C. The van der Waals surface area contributed by atoms with Crippen molar-refractivity contribution in [3.05, 3.63) is 29.3 Å². The van der Waals surface area contributed by atoms with Crippen LogP contribution in [0, 0.1) is 6.92 Å². The minimum atomic E-state index is 0.154. The van der Waals surface area contributed by atoms with Gasteiger partial charge in [0.05, 0.1) is 27.2 Å². The van der Waals surface area contributed by atoms with E-state index in [0.717, 1.165) is 55.6 Å². The van der Waals surface area contributed by atoms with Gasteiger partial charge in [-0.1, -0.05) is 39.3 Å². The predicted octanol–water partition coefficient (Wildman–Crippen LogP) is 4.27. The standard InChI is InChI=1S/C22H38N2O2/c1-7-8-13-23-22(25)17-24(5,6)14-9-10-15-26-21-16-20(18(2)3)12-11-19(21)4/h11-12,16,18H,7-10,13-15,17H2,1-6H3/p+1. The Morgan fingerprint density at radius 2 is 1.92 bits per heavy atom. The van der Waals surface area contributed by atoms with E-state index in [1.165, 1.54) is 11.1 Å². The summed E-state index contributed by atoms with van der Waals surface area (Å²) in [5.74, 6) is 1.67. The van der Waals surface area contributed by atoms with Gasteiger partial charge in [-0.25, -0.2) is 0 Å². The summed E-state index contributed by atoms with van der Waals surface area (Å²) in [5, 5.41) is 3.00. The Morgan fingerprint density at radius 3 is 2.58 bits per heavy atom. The summed E-state index contributed by atoms with van der Waals surface area (Å²) in [4.78, 5) is 12.0. The van der Waals surface area contributed by atoms with E-state index in [9.17, 15) is 4.79 Å². The molecule has 0 fully saturated rings. The van der Waals surface area contributed by atoms with Crippen LogP contribution in [0.15, 0.2) is 18.2 Å². The second kappa shape index (κ2) is 11.2. The van der Waals surface area contributed by atoms with Crippen molar-refractivity contribution < 1.29 is 14.0 Å². The largest absolute Gasteiger partial charge is 0.493 e. The van der Waals surface area contributed by atoms with E-state index in [4.69, 9.17) is 4.74 Å². The Morgan fingerprint density at radius 1 is 1.19 bits per heavy atom. The first kappa shape index (κ1) is 22.5. The quantitative estimate of drug-likeness (QED) is 0.445. The molecular weight excluding hydrogens is 324 g/mol. The molecule has 0 bridgehead atoms. The number of nitrogens with one attached hydrogen (secondary N) is 1. The summed E-state index contributed by atoms with van der Waals surface area (Å²) < 4.78 is 6.72. The number of quaternary nitrogens is 1. The first-order valence-electron chi connectivity index (χ1n) is 10.1. The summed E-state index contributed by atoms with van der Waals surface area (Å²) in [6.07, 6.45) is 4.22. The number of benzene rings is 1. The van der Waals surface area contributed by atoms with Gasteiger partial charge < -0.3 is 14.5 Å². The van der Waals surface area contributed by atoms with Gasteiger partial charge in [0.15, 0.2) is 6.54 Å². The van der Waals surface area contributed by atoms with Crippen molar-refractivity contribution in [2.75, 3.05) is 40.3 Å². The lowest BCUT2D eigenvalue weighted by Crippen LogP contribution is -2.48. The minimum absolute atomic E-state index is 0.154. The molecule has 0 atom stereocenters. The van der Waals surface area contributed by atoms with E-state index in [1.54, 1.807) is 0 Å². The highest BCUT2D eigenvalue weighted by Gasteiger charge is 2.19. The maximum Gasteiger partial charge on any atom is 0.275 e. The predicted molar refractivity (Wildman–Crippen MR) is 110 cm³/mol. The summed E-state index contributed by atoms with van der Waals surface area (Å²) in [6, 6.07) is 6.49.